The summed E-state index contributed by atoms with van der Waals surface area (Å²) in [5, 5.41) is 13.3. The predicted octanol–water partition coefficient (Wildman–Crippen LogP) is 6.84. The predicted molar refractivity (Wildman–Crippen MR) is 136 cm³/mol. The molecule has 0 bridgehead atoms. The molecule has 4 aromatic heterocycles. The zero-order valence-electron chi connectivity index (χ0n) is 19.5. The minimum atomic E-state index is -1.18. The highest BCUT2D eigenvalue weighted by Crippen LogP contribution is 2.38. The number of halogens is 1. The van der Waals surface area contributed by atoms with Gasteiger partial charge in [-0.2, -0.15) is 0 Å². The molecule has 0 amide bonds. The number of benzene rings is 1. The third-order valence-corrected chi connectivity index (χ3v) is 6.25. The van der Waals surface area contributed by atoms with Gasteiger partial charge in [0.25, 0.3) is 0 Å². The summed E-state index contributed by atoms with van der Waals surface area (Å²) >= 11 is 0. The molecule has 5 rings (SSSR count). The first-order valence-electron chi connectivity index (χ1n) is 11.3. The SMILES string of the molecule is C.CC[C@@H](c1ccccn1)n1cc(-c2ccc(C(=O)O)cc2F)c2ncc(-c3c(C)noc3C)cc21. The maximum Gasteiger partial charge on any atom is 0.335 e. The van der Waals surface area contributed by atoms with Gasteiger partial charge in [-0.3, -0.25) is 9.97 Å². The summed E-state index contributed by atoms with van der Waals surface area (Å²) in [6, 6.07) is 11.6. The van der Waals surface area contributed by atoms with Gasteiger partial charge in [0.1, 0.15) is 11.6 Å². The van der Waals surface area contributed by atoms with E-state index in [4.69, 9.17) is 9.51 Å². The number of carbonyl (C=O) groups is 1. The third kappa shape index (κ3) is 4.15. The number of nitrogens with zero attached hydrogens (tertiary/aromatic N) is 4. The standard InChI is InChI=1S/C27H23FN4O3.CH4/c1-4-23(22-7-5-6-10-29-22)32-14-20(19-9-8-17(27(33)34)11-21(19)28)26-24(32)12-18(13-30-26)25-15(2)31-35-16(25)3;/h5-14,23H,4H2,1-3H3,(H,33,34);1H4/t23-;/m0./s1. The molecule has 1 atom stereocenters. The van der Waals surface area contributed by atoms with Crippen molar-refractivity contribution in [3.8, 4) is 22.3 Å². The fraction of sp³-hybridized carbons (Fsp3) is 0.214. The fourth-order valence-electron chi connectivity index (χ4n) is 4.60. The lowest BCUT2D eigenvalue weighted by atomic mass is 10.0. The zero-order valence-corrected chi connectivity index (χ0v) is 19.5. The Morgan fingerprint density at radius 1 is 1.14 bits per heavy atom. The van der Waals surface area contributed by atoms with E-state index in [0.29, 0.717) is 16.8 Å². The average molecular weight is 487 g/mol. The van der Waals surface area contributed by atoms with Crippen LogP contribution in [0.1, 0.15) is 54.3 Å². The molecule has 8 heteroatoms. The zero-order chi connectivity index (χ0) is 24.7. The lowest BCUT2D eigenvalue weighted by molar-refractivity contribution is 0.0696. The van der Waals surface area contributed by atoms with Gasteiger partial charge in [-0.1, -0.05) is 31.6 Å². The molecular formula is C28H27FN4O3. The van der Waals surface area contributed by atoms with Crippen molar-refractivity contribution in [1.82, 2.24) is 19.7 Å². The smallest absolute Gasteiger partial charge is 0.335 e. The lowest BCUT2D eigenvalue weighted by Gasteiger charge is -2.18. The maximum absolute atomic E-state index is 15.1. The summed E-state index contributed by atoms with van der Waals surface area (Å²) in [4.78, 5) is 20.6. The molecule has 184 valence electrons. The first-order valence-corrected chi connectivity index (χ1v) is 11.3. The topological polar surface area (TPSA) is 94.0 Å². The molecule has 0 saturated carbocycles. The van der Waals surface area contributed by atoms with Crippen molar-refractivity contribution in [1.29, 1.82) is 0 Å². The molecule has 1 aromatic carbocycles. The number of fused-ring (bicyclic) bond motifs is 1. The van der Waals surface area contributed by atoms with Gasteiger partial charge < -0.3 is 14.2 Å². The molecule has 5 aromatic rings. The highest BCUT2D eigenvalue weighted by Gasteiger charge is 2.23. The van der Waals surface area contributed by atoms with E-state index in [9.17, 15) is 9.90 Å². The molecule has 0 aliphatic carbocycles. The number of aromatic carboxylic acids is 1. The Morgan fingerprint density at radius 3 is 2.56 bits per heavy atom. The lowest BCUT2D eigenvalue weighted by Crippen LogP contribution is -2.10. The summed E-state index contributed by atoms with van der Waals surface area (Å²) in [5.41, 5.74) is 5.52. The molecule has 0 radical (unpaired) electrons. The summed E-state index contributed by atoms with van der Waals surface area (Å²) in [7, 11) is 0. The Labute approximate surface area is 208 Å². The number of carboxylic acids is 1. The van der Waals surface area contributed by atoms with Crippen LogP contribution in [-0.4, -0.2) is 30.8 Å². The number of rotatable bonds is 6. The van der Waals surface area contributed by atoms with Gasteiger partial charge in [0.2, 0.25) is 0 Å². The number of aryl methyl sites for hydroxylation is 2. The largest absolute Gasteiger partial charge is 0.478 e. The molecule has 4 heterocycles. The Kier molecular flexibility index (Phi) is 6.70. The summed E-state index contributed by atoms with van der Waals surface area (Å²) in [6.45, 7) is 5.80. The quantitative estimate of drug-likeness (QED) is 0.282. The summed E-state index contributed by atoms with van der Waals surface area (Å²) < 4.78 is 22.5. The summed E-state index contributed by atoms with van der Waals surface area (Å²) in [6.07, 6.45) is 6.10. The minimum Gasteiger partial charge on any atom is -0.478 e. The molecule has 7 nitrogen and oxygen atoms in total. The van der Waals surface area contributed by atoms with Crippen LogP contribution in [0.4, 0.5) is 4.39 Å². The van der Waals surface area contributed by atoms with Crippen molar-refractivity contribution >= 4 is 17.0 Å². The molecule has 0 aliphatic rings. The average Bonchev–Trinajstić information content (AvgIpc) is 3.39. The van der Waals surface area contributed by atoms with E-state index < -0.39 is 11.8 Å². The second kappa shape index (κ2) is 9.73. The van der Waals surface area contributed by atoms with Crippen LogP contribution < -0.4 is 0 Å². The Morgan fingerprint density at radius 2 is 1.94 bits per heavy atom. The summed E-state index contributed by atoms with van der Waals surface area (Å²) in [5.74, 6) is -1.11. The third-order valence-electron chi connectivity index (χ3n) is 6.25. The maximum atomic E-state index is 15.1. The van der Waals surface area contributed by atoms with Crippen molar-refractivity contribution in [3.05, 3.63) is 89.6 Å². The second-order valence-electron chi connectivity index (χ2n) is 8.42. The molecular weight excluding hydrogens is 459 g/mol. The fourth-order valence-corrected chi connectivity index (χ4v) is 4.60. The monoisotopic (exact) mass is 486 g/mol. The van der Waals surface area contributed by atoms with E-state index in [1.807, 2.05) is 44.3 Å². The van der Waals surface area contributed by atoms with E-state index >= 15 is 4.39 Å². The van der Waals surface area contributed by atoms with Gasteiger partial charge in [0.05, 0.1) is 34.0 Å². The molecule has 0 unspecified atom stereocenters. The van der Waals surface area contributed by atoms with Crippen LogP contribution in [0.3, 0.4) is 0 Å². The normalized spacial score (nSPS) is 11.9. The van der Waals surface area contributed by atoms with Crippen molar-refractivity contribution in [3.63, 3.8) is 0 Å². The highest BCUT2D eigenvalue weighted by atomic mass is 19.1. The van der Waals surface area contributed by atoms with Gasteiger partial charge in [-0.05, 0) is 50.6 Å². The van der Waals surface area contributed by atoms with Gasteiger partial charge in [-0.25, -0.2) is 9.18 Å². The van der Waals surface area contributed by atoms with E-state index in [1.54, 1.807) is 12.4 Å². The van der Waals surface area contributed by atoms with E-state index in [0.717, 1.165) is 40.5 Å². The van der Waals surface area contributed by atoms with Crippen LogP contribution >= 0.6 is 0 Å². The Balaban J connectivity index is 0.00000304. The van der Waals surface area contributed by atoms with Crippen LogP contribution in [0.5, 0.6) is 0 Å². The molecule has 0 spiro atoms. The van der Waals surface area contributed by atoms with Crippen LogP contribution in [0.15, 0.2) is 65.6 Å². The molecule has 0 saturated heterocycles. The highest BCUT2D eigenvalue weighted by molar-refractivity contribution is 5.96. The van der Waals surface area contributed by atoms with E-state index in [1.165, 1.54) is 12.1 Å². The Bertz CT molecular complexity index is 1540. The van der Waals surface area contributed by atoms with Crippen LogP contribution in [-0.2, 0) is 0 Å². The van der Waals surface area contributed by atoms with Gasteiger partial charge in [0, 0.05) is 40.8 Å². The number of hydrogen-bond donors (Lipinski definition) is 1. The number of aromatic nitrogens is 4. The van der Waals surface area contributed by atoms with Gasteiger partial charge in [0.15, 0.2) is 0 Å². The van der Waals surface area contributed by atoms with E-state index in [-0.39, 0.29) is 24.6 Å². The van der Waals surface area contributed by atoms with Crippen molar-refractivity contribution in [2.24, 2.45) is 0 Å². The molecule has 36 heavy (non-hydrogen) atoms. The van der Waals surface area contributed by atoms with Gasteiger partial charge in [-0.15, -0.1) is 0 Å². The van der Waals surface area contributed by atoms with Crippen LogP contribution in [0, 0.1) is 19.7 Å². The number of carboxylic acid groups (broad SMARTS) is 1. The van der Waals surface area contributed by atoms with Crippen LogP contribution in [0.2, 0.25) is 0 Å². The first-order chi connectivity index (χ1) is 16.9. The van der Waals surface area contributed by atoms with Crippen molar-refractivity contribution < 1.29 is 18.8 Å². The van der Waals surface area contributed by atoms with Gasteiger partial charge >= 0.3 is 5.97 Å². The van der Waals surface area contributed by atoms with Crippen molar-refractivity contribution in [2.75, 3.05) is 0 Å². The number of pyridine rings is 2. The number of hydrogen-bond acceptors (Lipinski definition) is 5. The van der Waals surface area contributed by atoms with Crippen LogP contribution in [0.25, 0.3) is 33.3 Å². The second-order valence-corrected chi connectivity index (χ2v) is 8.42. The Hall–Kier alpha value is -4.33. The molecule has 0 fully saturated rings. The minimum absolute atomic E-state index is 0. The molecule has 0 aliphatic heterocycles. The van der Waals surface area contributed by atoms with E-state index in [2.05, 4.69) is 21.6 Å². The van der Waals surface area contributed by atoms with Crippen molar-refractivity contribution in [2.45, 2.75) is 40.7 Å². The first kappa shape index (κ1) is 24.8. The molecule has 1 N–H and O–H groups in total.